The van der Waals surface area contributed by atoms with Crippen LogP contribution in [0, 0.1) is 0 Å². The second-order valence-electron chi connectivity index (χ2n) is 5.65. The Morgan fingerprint density at radius 1 is 1.37 bits per heavy atom. The molecule has 0 spiro atoms. The zero-order valence-electron chi connectivity index (χ0n) is 12.7. The third-order valence-electron chi connectivity index (χ3n) is 3.51. The third kappa shape index (κ3) is 8.68. The summed E-state index contributed by atoms with van der Waals surface area (Å²) in [5, 5.41) is 3.11. The lowest BCUT2D eigenvalue weighted by Gasteiger charge is -2.33. The van der Waals surface area contributed by atoms with Crippen LogP contribution in [0.1, 0.15) is 52.9 Å². The highest BCUT2D eigenvalue weighted by molar-refractivity contribution is 14.0. The highest BCUT2D eigenvalue weighted by atomic mass is 127. The van der Waals surface area contributed by atoms with Crippen molar-refractivity contribution < 1.29 is 0 Å². The summed E-state index contributed by atoms with van der Waals surface area (Å²) in [6, 6.07) is 1.14. The lowest BCUT2D eigenvalue weighted by Crippen LogP contribution is -2.38. The van der Waals surface area contributed by atoms with Crippen molar-refractivity contribution >= 4 is 29.9 Å². The molecule has 0 bridgehead atoms. The molecule has 114 valence electrons. The Kier molecular flexibility index (Phi) is 10.7. The highest BCUT2D eigenvalue weighted by Crippen LogP contribution is 2.16. The Balaban J connectivity index is 0.00000324. The summed E-state index contributed by atoms with van der Waals surface area (Å²) >= 11 is 0. The minimum atomic E-state index is 0. The molecule has 1 rings (SSSR count). The summed E-state index contributed by atoms with van der Waals surface area (Å²) in [5.74, 6) is 0.580. The van der Waals surface area contributed by atoms with E-state index in [1.54, 1.807) is 0 Å². The smallest absolute Gasteiger partial charge is 0.188 e. The first-order valence-corrected chi connectivity index (χ1v) is 7.40. The normalized spacial score (nSPS) is 21.3. The van der Waals surface area contributed by atoms with Gasteiger partial charge in [0.15, 0.2) is 5.96 Å². The van der Waals surface area contributed by atoms with Crippen molar-refractivity contribution in [1.29, 1.82) is 0 Å². The van der Waals surface area contributed by atoms with Crippen LogP contribution < -0.4 is 11.1 Å². The summed E-state index contributed by atoms with van der Waals surface area (Å²) < 4.78 is 0. The quantitative estimate of drug-likeness (QED) is 0.321. The molecule has 5 heteroatoms. The van der Waals surface area contributed by atoms with Gasteiger partial charge in [0.1, 0.15) is 0 Å². The molecule has 3 N–H and O–H groups in total. The molecule has 19 heavy (non-hydrogen) atoms. The van der Waals surface area contributed by atoms with Crippen LogP contribution in [-0.2, 0) is 0 Å². The minimum absolute atomic E-state index is 0. The van der Waals surface area contributed by atoms with E-state index < -0.39 is 0 Å². The Labute approximate surface area is 135 Å². The number of nitrogens with two attached hydrogens (primary N) is 1. The molecule has 1 unspecified atom stereocenters. The van der Waals surface area contributed by atoms with E-state index in [1.165, 1.54) is 38.8 Å². The van der Waals surface area contributed by atoms with Gasteiger partial charge in [-0.2, -0.15) is 0 Å². The van der Waals surface area contributed by atoms with E-state index in [2.05, 4.69) is 36.0 Å². The van der Waals surface area contributed by atoms with Crippen molar-refractivity contribution in [2.24, 2.45) is 10.7 Å². The molecule has 0 radical (unpaired) electrons. The number of nitrogens with one attached hydrogen (secondary N) is 1. The SMILES string of the molecule is CC(C)NC(N)=NCCCCN1CCCCC1C.I. The van der Waals surface area contributed by atoms with Crippen LogP contribution in [0.3, 0.4) is 0 Å². The van der Waals surface area contributed by atoms with Crippen molar-refractivity contribution in [3.05, 3.63) is 0 Å². The molecule has 0 saturated carbocycles. The fraction of sp³-hybridized carbons (Fsp3) is 0.929. The maximum atomic E-state index is 5.75. The standard InChI is InChI=1S/C14H30N4.HI/c1-12(2)17-14(15)16-9-5-7-11-18-10-6-4-8-13(18)3;/h12-13H,4-11H2,1-3H3,(H3,15,16,17);1H. The van der Waals surface area contributed by atoms with E-state index in [-0.39, 0.29) is 24.0 Å². The number of nitrogens with zero attached hydrogens (tertiary/aromatic N) is 2. The van der Waals surface area contributed by atoms with Gasteiger partial charge in [0.2, 0.25) is 0 Å². The Hall–Kier alpha value is -0.0400. The van der Waals surface area contributed by atoms with Gasteiger partial charge in [-0.05, 0) is 59.5 Å². The zero-order chi connectivity index (χ0) is 13.4. The monoisotopic (exact) mass is 382 g/mol. The minimum Gasteiger partial charge on any atom is -0.370 e. The summed E-state index contributed by atoms with van der Waals surface area (Å²) in [7, 11) is 0. The highest BCUT2D eigenvalue weighted by Gasteiger charge is 2.16. The molecule has 0 aromatic heterocycles. The summed E-state index contributed by atoms with van der Waals surface area (Å²) in [6.07, 6.45) is 6.49. The van der Waals surface area contributed by atoms with E-state index in [0.717, 1.165) is 19.0 Å². The van der Waals surface area contributed by atoms with E-state index in [0.29, 0.717) is 12.0 Å². The topological polar surface area (TPSA) is 53.6 Å². The van der Waals surface area contributed by atoms with Crippen LogP contribution in [0.5, 0.6) is 0 Å². The van der Waals surface area contributed by atoms with E-state index in [4.69, 9.17) is 5.73 Å². The number of hydrogen-bond donors (Lipinski definition) is 2. The third-order valence-corrected chi connectivity index (χ3v) is 3.51. The van der Waals surface area contributed by atoms with Gasteiger partial charge in [-0.25, -0.2) is 0 Å². The molecule has 1 aliphatic heterocycles. The molecule has 1 aliphatic rings. The van der Waals surface area contributed by atoms with E-state index in [1.807, 2.05) is 0 Å². The number of rotatable bonds is 6. The molecule has 1 fully saturated rings. The van der Waals surface area contributed by atoms with Gasteiger partial charge in [-0.15, -0.1) is 24.0 Å². The van der Waals surface area contributed by atoms with Gasteiger partial charge in [0, 0.05) is 18.6 Å². The van der Waals surface area contributed by atoms with Crippen molar-refractivity contribution in [3.63, 3.8) is 0 Å². The number of piperidine rings is 1. The zero-order valence-corrected chi connectivity index (χ0v) is 15.0. The Morgan fingerprint density at radius 2 is 2.11 bits per heavy atom. The average molecular weight is 382 g/mol. The van der Waals surface area contributed by atoms with Gasteiger partial charge in [-0.1, -0.05) is 6.42 Å². The molecule has 0 aliphatic carbocycles. The van der Waals surface area contributed by atoms with Crippen molar-refractivity contribution in [3.8, 4) is 0 Å². The molecule has 1 atom stereocenters. The number of aliphatic imine (C=N–C) groups is 1. The molecule has 0 amide bonds. The molecule has 1 saturated heterocycles. The van der Waals surface area contributed by atoms with Crippen LogP contribution in [0.15, 0.2) is 4.99 Å². The fourth-order valence-electron chi connectivity index (χ4n) is 2.46. The van der Waals surface area contributed by atoms with Crippen LogP contribution in [-0.4, -0.2) is 42.6 Å². The molecule has 1 heterocycles. The first kappa shape index (κ1) is 19.0. The lowest BCUT2D eigenvalue weighted by atomic mass is 10.0. The van der Waals surface area contributed by atoms with Gasteiger partial charge in [-0.3, -0.25) is 4.99 Å². The first-order chi connectivity index (χ1) is 8.59. The average Bonchev–Trinajstić information content (AvgIpc) is 2.30. The van der Waals surface area contributed by atoms with Gasteiger partial charge in [0.05, 0.1) is 0 Å². The van der Waals surface area contributed by atoms with Crippen LogP contribution >= 0.6 is 24.0 Å². The number of likely N-dealkylation sites (tertiary alicyclic amines) is 1. The Bertz CT molecular complexity index is 256. The number of unbranched alkanes of at least 4 members (excludes halogenated alkanes) is 1. The van der Waals surface area contributed by atoms with Crippen LogP contribution in [0.2, 0.25) is 0 Å². The van der Waals surface area contributed by atoms with E-state index >= 15 is 0 Å². The predicted octanol–water partition coefficient (Wildman–Crippen LogP) is 2.57. The number of halogens is 1. The first-order valence-electron chi connectivity index (χ1n) is 7.40. The van der Waals surface area contributed by atoms with Crippen LogP contribution in [0.25, 0.3) is 0 Å². The summed E-state index contributed by atoms with van der Waals surface area (Å²) in [6.45, 7) is 9.82. The van der Waals surface area contributed by atoms with Gasteiger partial charge >= 0.3 is 0 Å². The second-order valence-corrected chi connectivity index (χ2v) is 5.65. The molecular weight excluding hydrogens is 351 g/mol. The number of guanidine groups is 1. The molecular formula is C14H31IN4. The maximum absolute atomic E-state index is 5.75. The summed E-state index contributed by atoms with van der Waals surface area (Å²) in [4.78, 5) is 6.94. The molecule has 0 aromatic rings. The number of hydrogen-bond acceptors (Lipinski definition) is 2. The van der Waals surface area contributed by atoms with Crippen molar-refractivity contribution in [2.45, 2.75) is 65.0 Å². The Morgan fingerprint density at radius 3 is 2.74 bits per heavy atom. The molecule has 4 nitrogen and oxygen atoms in total. The van der Waals surface area contributed by atoms with Crippen molar-refractivity contribution in [2.75, 3.05) is 19.6 Å². The maximum Gasteiger partial charge on any atom is 0.188 e. The van der Waals surface area contributed by atoms with Gasteiger partial charge < -0.3 is 16.0 Å². The van der Waals surface area contributed by atoms with Crippen LogP contribution in [0.4, 0.5) is 0 Å². The molecule has 0 aromatic carbocycles. The van der Waals surface area contributed by atoms with E-state index in [9.17, 15) is 0 Å². The van der Waals surface area contributed by atoms with Gasteiger partial charge in [0.25, 0.3) is 0 Å². The fourth-order valence-corrected chi connectivity index (χ4v) is 2.46. The predicted molar refractivity (Wildman–Crippen MR) is 94.3 cm³/mol. The summed E-state index contributed by atoms with van der Waals surface area (Å²) in [5.41, 5.74) is 5.75. The lowest BCUT2D eigenvalue weighted by molar-refractivity contribution is 0.158. The second kappa shape index (κ2) is 10.7. The van der Waals surface area contributed by atoms with Crippen molar-refractivity contribution in [1.82, 2.24) is 10.2 Å². The largest absolute Gasteiger partial charge is 0.370 e.